The second kappa shape index (κ2) is 4.70. The first-order valence-electron chi connectivity index (χ1n) is 9.13. The molecule has 2 N–H and O–H groups in total. The molecule has 22 heavy (non-hydrogen) atoms. The van der Waals surface area contributed by atoms with Gasteiger partial charge in [-0.05, 0) is 61.2 Å². The van der Waals surface area contributed by atoms with Crippen LogP contribution in [0.4, 0.5) is 0 Å². The molecule has 3 unspecified atom stereocenters. The summed E-state index contributed by atoms with van der Waals surface area (Å²) < 4.78 is 0. The van der Waals surface area contributed by atoms with E-state index in [0.717, 1.165) is 19.3 Å². The average Bonchev–Trinajstić information content (AvgIpc) is 2.77. The maximum atomic E-state index is 10.5. The first kappa shape index (κ1) is 15.0. The van der Waals surface area contributed by atoms with Crippen LogP contribution >= 0.6 is 0 Å². The van der Waals surface area contributed by atoms with Gasteiger partial charge in [-0.25, -0.2) is 0 Å². The Morgan fingerprint density at radius 3 is 2.64 bits per heavy atom. The molecule has 2 heteroatoms. The number of allylic oxidation sites excluding steroid dienone is 2. The quantitative estimate of drug-likeness (QED) is 0.670. The van der Waals surface area contributed by atoms with Gasteiger partial charge in [-0.15, -0.1) is 0 Å². The summed E-state index contributed by atoms with van der Waals surface area (Å²) in [6.07, 6.45) is 11.7. The highest BCUT2D eigenvalue weighted by molar-refractivity contribution is 5.33. The van der Waals surface area contributed by atoms with Gasteiger partial charge >= 0.3 is 0 Å². The number of aliphatic hydroxyl groups excluding tert-OH is 2. The fraction of sp³-hybridized carbons (Fsp3) is 0.800. The van der Waals surface area contributed by atoms with E-state index in [9.17, 15) is 10.2 Å². The molecule has 4 aliphatic rings. The lowest BCUT2D eigenvalue weighted by molar-refractivity contribution is -0.0686. The van der Waals surface area contributed by atoms with Crippen LogP contribution in [0.25, 0.3) is 0 Å². The van der Waals surface area contributed by atoms with Gasteiger partial charge in [0.2, 0.25) is 0 Å². The first-order chi connectivity index (χ1) is 10.4. The van der Waals surface area contributed by atoms with Crippen LogP contribution in [0.2, 0.25) is 0 Å². The molecule has 8 atom stereocenters. The minimum absolute atomic E-state index is 0.104. The minimum atomic E-state index is -0.301. The van der Waals surface area contributed by atoms with Crippen molar-refractivity contribution in [2.45, 2.75) is 65.1 Å². The monoisotopic (exact) mass is 302 g/mol. The van der Waals surface area contributed by atoms with Gasteiger partial charge in [0.05, 0.1) is 12.2 Å². The molecule has 0 aromatic carbocycles. The third kappa shape index (κ3) is 1.80. The molecule has 0 spiro atoms. The predicted octanol–water partition coefficient (Wildman–Crippen LogP) is 3.69. The topological polar surface area (TPSA) is 40.5 Å². The van der Waals surface area contributed by atoms with E-state index in [-0.39, 0.29) is 23.0 Å². The van der Waals surface area contributed by atoms with Crippen molar-refractivity contribution >= 4 is 0 Å². The van der Waals surface area contributed by atoms with Crippen LogP contribution in [0.5, 0.6) is 0 Å². The fourth-order valence-corrected chi connectivity index (χ4v) is 6.57. The molecule has 0 aromatic heterocycles. The molecule has 0 amide bonds. The van der Waals surface area contributed by atoms with Gasteiger partial charge in [0.1, 0.15) is 0 Å². The Bertz CT molecular complexity index is 536. The Morgan fingerprint density at radius 1 is 1.09 bits per heavy atom. The number of aliphatic hydroxyl groups is 2. The summed E-state index contributed by atoms with van der Waals surface area (Å²) in [5.41, 5.74) is 1.72. The van der Waals surface area contributed by atoms with Crippen molar-refractivity contribution in [3.63, 3.8) is 0 Å². The smallest absolute Gasteiger partial charge is 0.0758 e. The zero-order valence-corrected chi connectivity index (χ0v) is 14.1. The third-order valence-corrected chi connectivity index (χ3v) is 7.91. The van der Waals surface area contributed by atoms with Gasteiger partial charge in [-0.2, -0.15) is 0 Å². The van der Waals surface area contributed by atoms with Crippen LogP contribution < -0.4 is 0 Å². The van der Waals surface area contributed by atoms with Crippen molar-refractivity contribution in [1.29, 1.82) is 0 Å². The zero-order valence-electron chi connectivity index (χ0n) is 14.1. The lowest BCUT2D eigenvalue weighted by Gasteiger charge is -2.58. The van der Waals surface area contributed by atoms with E-state index in [1.165, 1.54) is 18.4 Å². The SMILES string of the molecule is CC1C=C2CC(O)C=C[C@]2(C)[C@@H]2CC[C@]3(C)C(O)CC[C@H]3[C@H]12. The highest BCUT2D eigenvalue weighted by Crippen LogP contribution is 2.64. The highest BCUT2D eigenvalue weighted by Gasteiger charge is 2.59. The summed E-state index contributed by atoms with van der Waals surface area (Å²) in [7, 11) is 0. The maximum absolute atomic E-state index is 10.5. The van der Waals surface area contributed by atoms with Crippen LogP contribution in [0.3, 0.4) is 0 Å². The van der Waals surface area contributed by atoms with Gasteiger partial charge in [-0.1, -0.05) is 44.6 Å². The molecule has 0 bridgehead atoms. The molecular formula is C20H30O2. The molecule has 2 saturated carbocycles. The molecular weight excluding hydrogens is 272 g/mol. The Hall–Kier alpha value is -0.600. The standard InChI is InChI=1S/C20H30O2/c1-12-10-13-11-14(21)6-8-19(13,2)16-7-9-20(3)15(18(12)16)4-5-17(20)22/h6,8,10,12,14-18,21-22H,4-5,7,9,11H2,1-3H3/t12?,14?,15-,16+,17?,18-,19-,20-/m0/s1. The van der Waals surface area contributed by atoms with Gasteiger partial charge in [0.15, 0.2) is 0 Å². The van der Waals surface area contributed by atoms with Crippen LogP contribution in [-0.4, -0.2) is 22.4 Å². The Morgan fingerprint density at radius 2 is 1.86 bits per heavy atom. The van der Waals surface area contributed by atoms with Crippen LogP contribution in [0.15, 0.2) is 23.8 Å². The summed E-state index contributed by atoms with van der Waals surface area (Å²) in [5.74, 6) is 2.59. The van der Waals surface area contributed by atoms with Crippen LogP contribution in [-0.2, 0) is 0 Å². The fourth-order valence-electron chi connectivity index (χ4n) is 6.57. The summed E-state index contributed by atoms with van der Waals surface area (Å²) in [6, 6.07) is 0. The van der Waals surface area contributed by atoms with E-state index in [1.54, 1.807) is 0 Å². The highest BCUT2D eigenvalue weighted by atomic mass is 16.3. The second-order valence-electron chi connectivity index (χ2n) is 8.89. The largest absolute Gasteiger partial charge is 0.393 e. The van der Waals surface area contributed by atoms with E-state index in [0.29, 0.717) is 23.7 Å². The number of hydrogen-bond donors (Lipinski definition) is 2. The second-order valence-corrected chi connectivity index (χ2v) is 8.89. The van der Waals surface area contributed by atoms with Crippen molar-refractivity contribution < 1.29 is 10.2 Å². The normalized spacial score (nSPS) is 56.9. The van der Waals surface area contributed by atoms with Crippen LogP contribution in [0, 0.1) is 34.5 Å². The first-order valence-corrected chi connectivity index (χ1v) is 9.13. The number of rotatable bonds is 0. The van der Waals surface area contributed by atoms with Gasteiger partial charge in [-0.3, -0.25) is 0 Å². The van der Waals surface area contributed by atoms with E-state index < -0.39 is 0 Å². The zero-order chi connectivity index (χ0) is 15.7. The Balaban J connectivity index is 1.76. The molecule has 2 nitrogen and oxygen atoms in total. The maximum Gasteiger partial charge on any atom is 0.0758 e. The van der Waals surface area contributed by atoms with Gasteiger partial charge in [0, 0.05) is 5.41 Å². The Kier molecular flexibility index (Phi) is 3.20. The molecule has 122 valence electrons. The van der Waals surface area contributed by atoms with Gasteiger partial charge < -0.3 is 10.2 Å². The summed E-state index contributed by atoms with van der Waals surface area (Å²) in [4.78, 5) is 0. The van der Waals surface area contributed by atoms with E-state index in [1.807, 2.05) is 6.08 Å². The van der Waals surface area contributed by atoms with Crippen molar-refractivity contribution in [3.8, 4) is 0 Å². The van der Waals surface area contributed by atoms with E-state index in [4.69, 9.17) is 0 Å². The van der Waals surface area contributed by atoms with Crippen molar-refractivity contribution in [1.82, 2.24) is 0 Å². The summed E-state index contributed by atoms with van der Waals surface area (Å²) in [6.45, 7) is 7.09. The van der Waals surface area contributed by atoms with E-state index >= 15 is 0 Å². The molecule has 4 rings (SSSR count). The molecule has 0 aromatic rings. The Labute approximate surface area is 134 Å². The van der Waals surface area contributed by atoms with Gasteiger partial charge in [0.25, 0.3) is 0 Å². The molecule has 0 saturated heterocycles. The predicted molar refractivity (Wildman–Crippen MR) is 88.2 cm³/mol. The molecule has 4 aliphatic carbocycles. The lowest BCUT2D eigenvalue weighted by Crippen LogP contribution is -2.52. The van der Waals surface area contributed by atoms with Crippen LogP contribution in [0.1, 0.15) is 52.9 Å². The molecule has 0 heterocycles. The number of hydrogen-bond acceptors (Lipinski definition) is 2. The number of fused-ring (bicyclic) bond motifs is 5. The van der Waals surface area contributed by atoms with Crippen molar-refractivity contribution in [2.75, 3.05) is 0 Å². The average molecular weight is 302 g/mol. The third-order valence-electron chi connectivity index (χ3n) is 7.91. The van der Waals surface area contributed by atoms with Crippen molar-refractivity contribution in [3.05, 3.63) is 23.8 Å². The van der Waals surface area contributed by atoms with E-state index in [2.05, 4.69) is 32.9 Å². The molecule has 0 radical (unpaired) electrons. The molecule has 2 fully saturated rings. The minimum Gasteiger partial charge on any atom is -0.393 e. The molecule has 0 aliphatic heterocycles. The van der Waals surface area contributed by atoms with Crippen molar-refractivity contribution in [2.24, 2.45) is 34.5 Å². The summed E-state index contributed by atoms with van der Waals surface area (Å²) >= 11 is 0. The summed E-state index contributed by atoms with van der Waals surface area (Å²) in [5, 5.41) is 20.5. The lowest BCUT2D eigenvalue weighted by atomic mass is 9.47.